The average Bonchev–Trinajstić information content (AvgIpc) is 2.99. The van der Waals surface area contributed by atoms with Gasteiger partial charge < -0.3 is 10.4 Å². The summed E-state index contributed by atoms with van der Waals surface area (Å²) in [6, 6.07) is 15.5. The molecule has 0 aliphatic rings. The molecule has 0 bridgehead atoms. The highest BCUT2D eigenvalue weighted by molar-refractivity contribution is 6.34. The molecule has 0 aliphatic carbocycles. The molecule has 0 unspecified atom stereocenters. The molecule has 0 atom stereocenters. The number of carbonyl (C=O) groups excluding carboxylic acids is 1. The van der Waals surface area contributed by atoms with E-state index in [0.29, 0.717) is 5.82 Å². The molecule has 1 heterocycles. The summed E-state index contributed by atoms with van der Waals surface area (Å²) in [6.07, 6.45) is 0. The Morgan fingerprint density at radius 2 is 1.91 bits per heavy atom. The Hall–Kier alpha value is -2.79. The van der Waals surface area contributed by atoms with E-state index in [1.165, 1.54) is 18.2 Å². The summed E-state index contributed by atoms with van der Waals surface area (Å²) < 4.78 is 0. The number of phenolic OH excluding ortho intramolecular Hbond substituents is 1. The summed E-state index contributed by atoms with van der Waals surface area (Å²) in [7, 11) is 0. The second-order valence-electron chi connectivity index (χ2n) is 4.65. The number of hydrogen-bond donors (Lipinski definition) is 3. The quantitative estimate of drug-likeness (QED) is 0.690. The van der Waals surface area contributed by atoms with Crippen LogP contribution >= 0.6 is 11.6 Å². The van der Waals surface area contributed by atoms with Crippen molar-refractivity contribution in [3.8, 4) is 17.0 Å². The van der Waals surface area contributed by atoms with Crippen molar-refractivity contribution in [2.24, 2.45) is 0 Å². The first kappa shape index (κ1) is 14.2. The van der Waals surface area contributed by atoms with Crippen LogP contribution in [0.1, 0.15) is 10.4 Å². The summed E-state index contributed by atoms with van der Waals surface area (Å²) in [5, 5.41) is 19.2. The van der Waals surface area contributed by atoms with Crippen LogP contribution in [-0.2, 0) is 0 Å². The minimum absolute atomic E-state index is 0.0263. The highest BCUT2D eigenvalue weighted by atomic mass is 35.5. The molecule has 0 saturated carbocycles. The molecule has 5 nitrogen and oxygen atoms in total. The smallest absolute Gasteiger partial charge is 0.258 e. The number of phenols is 1. The minimum Gasteiger partial charge on any atom is -0.508 e. The fraction of sp³-hybridized carbons (Fsp3) is 0. The molecule has 0 saturated heterocycles. The van der Waals surface area contributed by atoms with Gasteiger partial charge in [0.2, 0.25) is 0 Å². The predicted octanol–water partition coefficient (Wildman–Crippen LogP) is 3.69. The maximum atomic E-state index is 12.2. The largest absolute Gasteiger partial charge is 0.508 e. The summed E-state index contributed by atoms with van der Waals surface area (Å²) in [5.74, 6) is -0.0863. The molecule has 0 radical (unpaired) electrons. The topological polar surface area (TPSA) is 78.0 Å². The van der Waals surface area contributed by atoms with Crippen LogP contribution < -0.4 is 5.32 Å². The molecule has 3 aromatic rings. The van der Waals surface area contributed by atoms with Crippen LogP contribution in [0, 0.1) is 0 Å². The van der Waals surface area contributed by atoms with Crippen LogP contribution in [-0.4, -0.2) is 21.2 Å². The number of aromatic nitrogens is 2. The monoisotopic (exact) mass is 313 g/mol. The van der Waals surface area contributed by atoms with E-state index < -0.39 is 5.91 Å². The van der Waals surface area contributed by atoms with Crippen molar-refractivity contribution in [1.29, 1.82) is 0 Å². The lowest BCUT2D eigenvalue weighted by molar-refractivity contribution is 0.102. The van der Waals surface area contributed by atoms with Gasteiger partial charge in [0.15, 0.2) is 5.82 Å². The van der Waals surface area contributed by atoms with Crippen molar-refractivity contribution >= 4 is 23.3 Å². The predicted molar refractivity (Wildman–Crippen MR) is 85.1 cm³/mol. The van der Waals surface area contributed by atoms with Crippen molar-refractivity contribution < 1.29 is 9.90 Å². The Morgan fingerprint density at radius 3 is 2.68 bits per heavy atom. The molecular formula is C16H12ClN3O2. The Bertz CT molecular complexity index is 815. The van der Waals surface area contributed by atoms with E-state index in [9.17, 15) is 9.90 Å². The van der Waals surface area contributed by atoms with Crippen molar-refractivity contribution in [3.05, 3.63) is 65.2 Å². The van der Waals surface area contributed by atoms with Crippen LogP contribution in [0.15, 0.2) is 54.6 Å². The first-order valence-electron chi connectivity index (χ1n) is 6.54. The zero-order valence-electron chi connectivity index (χ0n) is 11.4. The number of halogens is 1. The number of aromatic hydroxyl groups is 1. The van der Waals surface area contributed by atoms with E-state index in [0.717, 1.165) is 11.3 Å². The van der Waals surface area contributed by atoms with E-state index in [1.807, 2.05) is 30.3 Å². The third-order valence-electron chi connectivity index (χ3n) is 3.10. The summed E-state index contributed by atoms with van der Waals surface area (Å²) >= 11 is 5.96. The number of rotatable bonds is 3. The number of amides is 1. The van der Waals surface area contributed by atoms with E-state index in [2.05, 4.69) is 15.5 Å². The van der Waals surface area contributed by atoms with E-state index >= 15 is 0 Å². The second kappa shape index (κ2) is 5.91. The number of anilines is 1. The van der Waals surface area contributed by atoms with E-state index in [1.54, 1.807) is 6.07 Å². The Kier molecular flexibility index (Phi) is 3.80. The molecule has 1 aromatic heterocycles. The molecular weight excluding hydrogens is 302 g/mol. The Morgan fingerprint density at radius 1 is 1.14 bits per heavy atom. The van der Waals surface area contributed by atoms with Gasteiger partial charge >= 0.3 is 0 Å². The zero-order valence-corrected chi connectivity index (χ0v) is 12.1. The highest BCUT2D eigenvalue weighted by Crippen LogP contribution is 2.23. The molecule has 0 aliphatic heterocycles. The number of hydrogen-bond acceptors (Lipinski definition) is 3. The van der Waals surface area contributed by atoms with Gasteiger partial charge in [-0.25, -0.2) is 0 Å². The van der Waals surface area contributed by atoms with Crippen molar-refractivity contribution in [2.45, 2.75) is 0 Å². The standard InChI is InChI=1S/C16H12ClN3O2/c17-13-7-6-11(21)8-12(13)16(22)18-15-9-14(19-20-15)10-4-2-1-3-5-10/h1-9,21H,(H2,18,19,20,22). The maximum Gasteiger partial charge on any atom is 0.258 e. The number of H-pyrrole nitrogens is 1. The van der Waals surface area contributed by atoms with Gasteiger partial charge in [0.25, 0.3) is 5.91 Å². The molecule has 1 amide bonds. The highest BCUT2D eigenvalue weighted by Gasteiger charge is 2.13. The fourth-order valence-corrected chi connectivity index (χ4v) is 2.23. The van der Waals surface area contributed by atoms with Crippen LogP contribution in [0.5, 0.6) is 5.75 Å². The molecule has 3 rings (SSSR count). The molecule has 3 N–H and O–H groups in total. The van der Waals surface area contributed by atoms with E-state index in [-0.39, 0.29) is 16.3 Å². The molecule has 2 aromatic carbocycles. The summed E-state index contributed by atoms with van der Waals surface area (Å²) in [6.45, 7) is 0. The summed E-state index contributed by atoms with van der Waals surface area (Å²) in [4.78, 5) is 12.2. The lowest BCUT2D eigenvalue weighted by Gasteiger charge is -2.04. The van der Waals surface area contributed by atoms with Crippen LogP contribution in [0.25, 0.3) is 11.3 Å². The maximum absolute atomic E-state index is 12.2. The molecule has 0 spiro atoms. The van der Waals surface area contributed by atoms with Crippen molar-refractivity contribution in [3.63, 3.8) is 0 Å². The lowest BCUT2D eigenvalue weighted by Crippen LogP contribution is -2.12. The number of carbonyl (C=O) groups is 1. The third kappa shape index (κ3) is 2.94. The van der Waals surface area contributed by atoms with Crippen molar-refractivity contribution in [2.75, 3.05) is 5.32 Å². The Balaban J connectivity index is 1.81. The molecule has 0 fully saturated rings. The number of nitrogens with zero attached hydrogens (tertiary/aromatic N) is 1. The first-order valence-corrected chi connectivity index (χ1v) is 6.92. The van der Waals surface area contributed by atoms with Crippen LogP contribution in [0.3, 0.4) is 0 Å². The first-order chi connectivity index (χ1) is 10.6. The van der Waals surface area contributed by atoms with Gasteiger partial charge in [0.1, 0.15) is 5.75 Å². The van der Waals surface area contributed by atoms with Crippen molar-refractivity contribution in [1.82, 2.24) is 10.2 Å². The van der Waals surface area contributed by atoms with Gasteiger partial charge in [-0.2, -0.15) is 5.10 Å². The Labute approximate surface area is 131 Å². The van der Waals surface area contributed by atoms with Crippen LogP contribution in [0.4, 0.5) is 5.82 Å². The zero-order chi connectivity index (χ0) is 15.5. The van der Waals surface area contributed by atoms with Gasteiger partial charge in [-0.05, 0) is 23.8 Å². The third-order valence-corrected chi connectivity index (χ3v) is 3.43. The number of benzene rings is 2. The minimum atomic E-state index is -0.438. The normalized spacial score (nSPS) is 10.4. The van der Waals surface area contributed by atoms with Gasteiger partial charge in [-0.1, -0.05) is 41.9 Å². The summed E-state index contributed by atoms with van der Waals surface area (Å²) in [5.41, 5.74) is 1.94. The number of aromatic amines is 1. The fourth-order valence-electron chi connectivity index (χ4n) is 2.02. The lowest BCUT2D eigenvalue weighted by atomic mass is 10.1. The van der Waals surface area contributed by atoms with E-state index in [4.69, 9.17) is 11.6 Å². The molecule has 6 heteroatoms. The SMILES string of the molecule is O=C(Nc1cc(-c2ccccc2)[nH]n1)c1cc(O)ccc1Cl. The van der Waals surface area contributed by atoms with Gasteiger partial charge in [0.05, 0.1) is 16.3 Å². The van der Waals surface area contributed by atoms with Gasteiger partial charge in [-0.3, -0.25) is 9.89 Å². The van der Waals surface area contributed by atoms with Gasteiger partial charge in [0, 0.05) is 6.07 Å². The number of nitrogens with one attached hydrogen (secondary N) is 2. The second-order valence-corrected chi connectivity index (χ2v) is 5.06. The van der Waals surface area contributed by atoms with Crippen LogP contribution in [0.2, 0.25) is 5.02 Å². The molecule has 110 valence electrons. The molecule has 22 heavy (non-hydrogen) atoms. The van der Waals surface area contributed by atoms with Gasteiger partial charge in [-0.15, -0.1) is 0 Å². The average molecular weight is 314 g/mol.